The summed E-state index contributed by atoms with van der Waals surface area (Å²) in [5.41, 5.74) is 7.10. The number of hydrogen-bond acceptors (Lipinski definition) is 7. The van der Waals surface area contributed by atoms with Crippen molar-refractivity contribution in [3.8, 4) is 23.1 Å². The molecule has 1 amide bonds. The van der Waals surface area contributed by atoms with Gasteiger partial charge in [0.1, 0.15) is 29.5 Å². The molecule has 0 spiro atoms. The zero-order chi connectivity index (χ0) is 26.0. The quantitative estimate of drug-likeness (QED) is 0.329. The summed E-state index contributed by atoms with van der Waals surface area (Å²) in [7, 11) is 0. The van der Waals surface area contributed by atoms with Crippen molar-refractivity contribution in [1.29, 1.82) is 0 Å². The Morgan fingerprint density at radius 2 is 1.54 bits per heavy atom. The lowest BCUT2D eigenvalue weighted by atomic mass is 9.78. The van der Waals surface area contributed by atoms with Gasteiger partial charge in [-0.2, -0.15) is 10.2 Å². The second-order valence-electron chi connectivity index (χ2n) is 9.34. The third kappa shape index (κ3) is 5.51. The highest BCUT2D eigenvalue weighted by Gasteiger charge is 2.33. The first-order chi connectivity index (χ1) is 17.8. The fourth-order valence-electron chi connectivity index (χ4n) is 4.20. The Morgan fingerprint density at radius 3 is 2.11 bits per heavy atom. The van der Waals surface area contributed by atoms with E-state index >= 15 is 0 Å². The Kier molecular flexibility index (Phi) is 6.71. The zero-order valence-electron chi connectivity index (χ0n) is 20.4. The van der Waals surface area contributed by atoms with Gasteiger partial charge in [0.2, 0.25) is 0 Å². The fraction of sp³-hybridized carbons (Fsp3) is 0.259. The molecular formula is C27H26ClN5O4. The van der Waals surface area contributed by atoms with Crippen molar-refractivity contribution in [2.24, 2.45) is 5.73 Å². The third-order valence-corrected chi connectivity index (χ3v) is 6.71. The third-order valence-electron chi connectivity index (χ3n) is 6.43. The molecule has 2 aromatic heterocycles. The SMILES string of the molecule is CC(C)(c1ccc(Oc2cnc(-n3nccn3)c(Cl)c2)cc1)c1ccc(O[C@H]2C[C@H](OC(N)=O)C2)cc1. The molecule has 1 aliphatic carbocycles. The predicted molar refractivity (Wildman–Crippen MR) is 137 cm³/mol. The Hall–Kier alpha value is -4.11. The highest BCUT2D eigenvalue weighted by atomic mass is 35.5. The second-order valence-corrected chi connectivity index (χ2v) is 9.75. The van der Waals surface area contributed by atoms with Gasteiger partial charge in [-0.1, -0.05) is 49.7 Å². The summed E-state index contributed by atoms with van der Waals surface area (Å²) < 4.78 is 16.9. The van der Waals surface area contributed by atoms with Crippen molar-refractivity contribution in [2.45, 2.75) is 44.3 Å². The normalized spacial score (nSPS) is 17.1. The van der Waals surface area contributed by atoms with Crippen LogP contribution >= 0.6 is 11.6 Å². The number of aromatic nitrogens is 4. The number of amides is 1. The van der Waals surface area contributed by atoms with E-state index in [9.17, 15) is 4.79 Å². The molecule has 0 saturated heterocycles. The maximum Gasteiger partial charge on any atom is 0.404 e. The predicted octanol–water partition coefficient (Wildman–Crippen LogP) is 5.44. The Labute approximate surface area is 219 Å². The molecule has 0 bridgehead atoms. The molecule has 2 N–H and O–H groups in total. The topological polar surface area (TPSA) is 114 Å². The average molecular weight is 520 g/mol. The number of pyridine rings is 1. The molecule has 9 nitrogen and oxygen atoms in total. The molecule has 0 unspecified atom stereocenters. The number of rotatable bonds is 8. The highest BCUT2D eigenvalue weighted by Crippen LogP contribution is 2.35. The zero-order valence-corrected chi connectivity index (χ0v) is 21.1. The van der Waals surface area contributed by atoms with E-state index in [-0.39, 0.29) is 17.6 Å². The van der Waals surface area contributed by atoms with E-state index in [4.69, 9.17) is 31.5 Å². The van der Waals surface area contributed by atoms with Crippen molar-refractivity contribution < 1.29 is 19.0 Å². The second kappa shape index (κ2) is 10.1. The largest absolute Gasteiger partial charge is 0.490 e. The molecule has 2 heterocycles. The van der Waals surface area contributed by atoms with E-state index < -0.39 is 6.09 Å². The van der Waals surface area contributed by atoms with Crippen LogP contribution in [0.2, 0.25) is 5.02 Å². The first kappa shape index (κ1) is 24.6. The van der Waals surface area contributed by atoms with Crippen molar-refractivity contribution in [2.75, 3.05) is 0 Å². The van der Waals surface area contributed by atoms with Gasteiger partial charge in [0, 0.05) is 24.3 Å². The van der Waals surface area contributed by atoms with Crippen LogP contribution in [0.25, 0.3) is 5.82 Å². The van der Waals surface area contributed by atoms with Gasteiger partial charge in [0.15, 0.2) is 5.82 Å². The van der Waals surface area contributed by atoms with E-state index in [0.717, 1.165) is 16.9 Å². The first-order valence-electron chi connectivity index (χ1n) is 11.8. The molecule has 2 aromatic carbocycles. The number of carbonyl (C=O) groups is 1. The van der Waals surface area contributed by atoms with Crippen LogP contribution in [-0.2, 0) is 10.2 Å². The van der Waals surface area contributed by atoms with E-state index in [1.165, 1.54) is 4.80 Å². The number of halogens is 1. The van der Waals surface area contributed by atoms with Gasteiger partial charge in [-0.15, -0.1) is 4.80 Å². The van der Waals surface area contributed by atoms with Gasteiger partial charge in [0.25, 0.3) is 0 Å². The van der Waals surface area contributed by atoms with Gasteiger partial charge in [0.05, 0.1) is 23.6 Å². The van der Waals surface area contributed by atoms with Crippen LogP contribution in [-0.4, -0.2) is 38.3 Å². The maximum absolute atomic E-state index is 10.8. The summed E-state index contributed by atoms with van der Waals surface area (Å²) in [4.78, 5) is 16.5. The summed E-state index contributed by atoms with van der Waals surface area (Å²) in [5, 5.41) is 8.48. The summed E-state index contributed by atoms with van der Waals surface area (Å²) >= 11 is 6.34. The molecular weight excluding hydrogens is 494 g/mol. The van der Waals surface area contributed by atoms with Crippen molar-refractivity contribution in [1.82, 2.24) is 20.0 Å². The van der Waals surface area contributed by atoms with Crippen molar-refractivity contribution in [3.05, 3.63) is 89.3 Å². The summed E-state index contributed by atoms with van der Waals surface area (Å²) in [5.74, 6) is 2.40. The molecule has 10 heteroatoms. The van der Waals surface area contributed by atoms with Crippen LogP contribution < -0.4 is 15.2 Å². The van der Waals surface area contributed by atoms with Crippen LogP contribution in [0, 0.1) is 0 Å². The highest BCUT2D eigenvalue weighted by molar-refractivity contribution is 6.32. The van der Waals surface area contributed by atoms with Crippen LogP contribution in [0.15, 0.2) is 73.2 Å². The van der Waals surface area contributed by atoms with E-state index in [0.29, 0.717) is 35.2 Å². The van der Waals surface area contributed by atoms with E-state index in [1.807, 2.05) is 36.4 Å². The van der Waals surface area contributed by atoms with Crippen LogP contribution in [0.1, 0.15) is 37.8 Å². The minimum atomic E-state index is -0.742. The molecule has 5 rings (SSSR count). The summed E-state index contributed by atoms with van der Waals surface area (Å²) in [6.07, 6.45) is 5.14. The molecule has 0 aliphatic heterocycles. The van der Waals surface area contributed by atoms with Crippen LogP contribution in [0.4, 0.5) is 4.79 Å². The van der Waals surface area contributed by atoms with Gasteiger partial charge >= 0.3 is 6.09 Å². The molecule has 1 saturated carbocycles. The van der Waals surface area contributed by atoms with Crippen molar-refractivity contribution in [3.63, 3.8) is 0 Å². The van der Waals surface area contributed by atoms with E-state index in [2.05, 4.69) is 41.2 Å². The number of hydrogen-bond donors (Lipinski definition) is 1. The lowest BCUT2D eigenvalue weighted by molar-refractivity contribution is -0.0197. The minimum Gasteiger partial charge on any atom is -0.490 e. The van der Waals surface area contributed by atoms with E-state index in [1.54, 1.807) is 24.7 Å². The molecule has 4 aromatic rings. The molecule has 1 aliphatic rings. The molecule has 190 valence electrons. The molecule has 0 atom stereocenters. The number of carbonyl (C=O) groups excluding carboxylic acids is 1. The number of nitrogens with zero attached hydrogens (tertiary/aromatic N) is 4. The standard InChI is InChI=1S/C27H26ClN5O4/c1-27(2,17-3-7-19(8-4-17)35-21-13-22(14-21)37-26(29)34)18-5-9-20(10-6-18)36-23-15-24(28)25(30-16-23)33-31-11-12-32-33/h3-12,15-16,21-22H,13-14H2,1-2H3,(H2,29,34)/t21-,22-. The number of ether oxygens (including phenoxy) is 3. The number of benzene rings is 2. The molecule has 37 heavy (non-hydrogen) atoms. The Bertz CT molecular complexity index is 1370. The summed E-state index contributed by atoms with van der Waals surface area (Å²) in [6.45, 7) is 4.34. The Morgan fingerprint density at radius 1 is 0.946 bits per heavy atom. The maximum atomic E-state index is 10.8. The first-order valence-corrected chi connectivity index (χ1v) is 12.2. The average Bonchev–Trinajstić information content (AvgIpc) is 3.38. The smallest absolute Gasteiger partial charge is 0.404 e. The van der Waals surface area contributed by atoms with Crippen LogP contribution in [0.5, 0.6) is 17.2 Å². The van der Waals surface area contributed by atoms with Crippen molar-refractivity contribution >= 4 is 17.7 Å². The monoisotopic (exact) mass is 519 g/mol. The molecule has 0 radical (unpaired) electrons. The number of primary amides is 1. The fourth-order valence-corrected chi connectivity index (χ4v) is 4.43. The lowest BCUT2D eigenvalue weighted by Crippen LogP contribution is -2.41. The molecule has 1 fully saturated rings. The minimum absolute atomic E-state index is 0.0271. The van der Waals surface area contributed by atoms with Gasteiger partial charge < -0.3 is 19.9 Å². The number of nitrogens with two attached hydrogens (primary N) is 1. The summed E-state index contributed by atoms with van der Waals surface area (Å²) in [6, 6.07) is 17.7. The Balaban J connectivity index is 1.21. The van der Waals surface area contributed by atoms with Gasteiger partial charge in [-0.05, 0) is 35.4 Å². The van der Waals surface area contributed by atoms with Gasteiger partial charge in [-0.25, -0.2) is 9.78 Å². The lowest BCUT2D eigenvalue weighted by Gasteiger charge is -2.34. The van der Waals surface area contributed by atoms with Gasteiger partial charge in [-0.3, -0.25) is 0 Å². The van der Waals surface area contributed by atoms with Crippen LogP contribution in [0.3, 0.4) is 0 Å².